The Hall–Kier alpha value is -2.78. The van der Waals surface area contributed by atoms with Crippen LogP contribution in [0.15, 0.2) is 69.3 Å². The van der Waals surface area contributed by atoms with Crippen LogP contribution in [0, 0.1) is 5.82 Å². The Morgan fingerprint density at radius 3 is 2.38 bits per heavy atom. The van der Waals surface area contributed by atoms with Crippen molar-refractivity contribution in [3.05, 3.63) is 82.1 Å². The van der Waals surface area contributed by atoms with Gasteiger partial charge in [0, 0.05) is 30.2 Å². The molecule has 0 bridgehead atoms. The first-order valence-electron chi connectivity index (χ1n) is 14.7. The zero-order valence-corrected chi connectivity index (χ0v) is 27.3. The summed E-state index contributed by atoms with van der Waals surface area (Å²) in [4.78, 5) is 13.1. The number of piperidine rings is 1. The van der Waals surface area contributed by atoms with E-state index in [0.29, 0.717) is 60.7 Å². The maximum atomic E-state index is 14.4. The highest BCUT2D eigenvalue weighted by atomic mass is 35.5. The monoisotopic (exact) mass is 693 g/mol. The van der Waals surface area contributed by atoms with Gasteiger partial charge in [0.25, 0.3) is 0 Å². The molecule has 0 atom stereocenters. The predicted octanol–water partition coefficient (Wildman–Crippen LogP) is 7.05. The van der Waals surface area contributed by atoms with Crippen LogP contribution in [0.25, 0.3) is 0 Å². The number of nitrogens with zero attached hydrogens (tertiary/aromatic N) is 1. The number of anilines is 1. The summed E-state index contributed by atoms with van der Waals surface area (Å²) < 4.78 is 67.6. The fourth-order valence-electron chi connectivity index (χ4n) is 6.85. The van der Waals surface area contributed by atoms with Gasteiger partial charge in [0.05, 0.1) is 20.4 Å². The first-order chi connectivity index (χ1) is 21.3. The van der Waals surface area contributed by atoms with E-state index in [0.717, 1.165) is 25.3 Å². The third-order valence-electron chi connectivity index (χ3n) is 9.08. The molecule has 0 amide bonds. The van der Waals surface area contributed by atoms with Crippen LogP contribution in [0.2, 0.25) is 5.02 Å². The second-order valence-electron chi connectivity index (χ2n) is 11.8. The van der Waals surface area contributed by atoms with Crippen LogP contribution in [-0.4, -0.2) is 57.7 Å². The molecule has 1 saturated carbocycles. The van der Waals surface area contributed by atoms with E-state index in [9.17, 15) is 31.8 Å². The summed E-state index contributed by atoms with van der Waals surface area (Å²) in [7, 11) is -7.92. The highest BCUT2D eigenvalue weighted by Crippen LogP contribution is 2.68. The fourth-order valence-corrected chi connectivity index (χ4v) is 11.0. The number of benzene rings is 3. The van der Waals surface area contributed by atoms with Crippen molar-refractivity contribution in [2.45, 2.75) is 71.1 Å². The lowest BCUT2D eigenvalue weighted by atomic mass is 9.65. The average molecular weight is 694 g/mol. The van der Waals surface area contributed by atoms with E-state index >= 15 is 0 Å². The van der Waals surface area contributed by atoms with Gasteiger partial charge >= 0.3 is 5.97 Å². The summed E-state index contributed by atoms with van der Waals surface area (Å²) in [5.74, 6) is -1.64. The molecule has 2 aliphatic heterocycles. The molecule has 2 fully saturated rings. The second-order valence-corrected chi connectivity index (χ2v) is 16.3. The molecule has 0 radical (unpaired) electrons. The van der Waals surface area contributed by atoms with E-state index in [4.69, 9.17) is 23.8 Å². The van der Waals surface area contributed by atoms with E-state index in [1.165, 1.54) is 24.3 Å². The van der Waals surface area contributed by atoms with E-state index < -0.39 is 43.9 Å². The van der Waals surface area contributed by atoms with Crippen LogP contribution in [-0.2, 0) is 15.4 Å². The summed E-state index contributed by atoms with van der Waals surface area (Å²) in [5.41, 5.74) is 1.30. The zero-order chi connectivity index (χ0) is 32.1. The van der Waals surface area contributed by atoms with Crippen LogP contribution in [0.5, 0.6) is 0 Å². The summed E-state index contributed by atoms with van der Waals surface area (Å²) in [6, 6.07) is 12.8. The SMILES string of the molecule is O=C(O)c1cccc(NC(=S)N2CCC(NS(=O)(=O)c3cc4c(cc3Cl)C3(CCCCC3)c3ccc(F)cc3S4(O)O)CC2)c1. The van der Waals surface area contributed by atoms with Crippen molar-refractivity contribution in [1.29, 1.82) is 0 Å². The molecule has 3 aromatic carbocycles. The number of sulfonamides is 1. The maximum absolute atomic E-state index is 14.4. The molecular weight excluding hydrogens is 661 g/mol. The molecule has 5 N–H and O–H groups in total. The van der Waals surface area contributed by atoms with E-state index in [1.54, 1.807) is 24.3 Å². The highest BCUT2D eigenvalue weighted by Gasteiger charge is 2.48. The van der Waals surface area contributed by atoms with Crippen LogP contribution in [0.4, 0.5) is 10.1 Å². The number of carboxylic acids is 1. The molecule has 240 valence electrons. The predicted molar refractivity (Wildman–Crippen MR) is 176 cm³/mol. The minimum absolute atomic E-state index is 0.0154. The van der Waals surface area contributed by atoms with Crippen molar-refractivity contribution in [2.24, 2.45) is 0 Å². The number of carboxylic acid groups (broad SMARTS) is 1. The minimum atomic E-state index is -4.19. The van der Waals surface area contributed by atoms with Gasteiger partial charge in [0.1, 0.15) is 10.7 Å². The molecule has 45 heavy (non-hydrogen) atoms. The third kappa shape index (κ3) is 5.95. The normalized spacial score (nSPS) is 19.8. The number of rotatable bonds is 5. The number of hydrogen-bond acceptors (Lipinski definition) is 6. The van der Waals surface area contributed by atoms with Crippen LogP contribution < -0.4 is 10.0 Å². The largest absolute Gasteiger partial charge is 0.478 e. The molecule has 3 aliphatic rings. The molecule has 9 nitrogen and oxygen atoms in total. The lowest BCUT2D eigenvalue weighted by Crippen LogP contribution is -2.47. The third-order valence-corrected chi connectivity index (χ3v) is 13.3. The number of hydrogen-bond donors (Lipinski definition) is 5. The van der Waals surface area contributed by atoms with Gasteiger partial charge in [0.15, 0.2) is 5.11 Å². The minimum Gasteiger partial charge on any atom is -0.478 e. The van der Waals surface area contributed by atoms with Gasteiger partial charge in [-0.3, -0.25) is 9.11 Å². The van der Waals surface area contributed by atoms with Gasteiger partial charge in [-0.05, 0) is 91.5 Å². The Labute approximate surface area is 273 Å². The number of halogens is 2. The van der Waals surface area contributed by atoms with Crippen molar-refractivity contribution in [3.8, 4) is 0 Å². The summed E-state index contributed by atoms with van der Waals surface area (Å²) in [5, 5.41) is 12.7. The van der Waals surface area contributed by atoms with Crippen molar-refractivity contribution in [3.63, 3.8) is 0 Å². The van der Waals surface area contributed by atoms with Crippen molar-refractivity contribution in [2.75, 3.05) is 18.4 Å². The first kappa shape index (κ1) is 32.2. The Kier molecular flexibility index (Phi) is 8.65. The molecule has 0 aromatic heterocycles. The Morgan fingerprint density at radius 1 is 1.00 bits per heavy atom. The molecule has 1 spiro atoms. The average Bonchev–Trinajstić information content (AvgIpc) is 3.00. The van der Waals surface area contributed by atoms with E-state index in [2.05, 4.69) is 10.0 Å². The van der Waals surface area contributed by atoms with Crippen molar-refractivity contribution < 1.29 is 31.8 Å². The lowest BCUT2D eigenvalue weighted by molar-refractivity contribution is 0.0697. The van der Waals surface area contributed by atoms with Gasteiger partial charge in [0.2, 0.25) is 10.0 Å². The molecular formula is C31H33ClFN3O6S3. The molecule has 6 rings (SSSR count). The van der Waals surface area contributed by atoms with Crippen molar-refractivity contribution >= 4 is 61.2 Å². The number of thiocarbonyl (C=S) groups is 1. The molecule has 1 aliphatic carbocycles. The van der Waals surface area contributed by atoms with Gasteiger partial charge in [-0.1, -0.05) is 43.0 Å². The fraction of sp³-hybridized carbons (Fsp3) is 0.355. The quantitative estimate of drug-likeness (QED) is 0.178. The molecule has 14 heteroatoms. The summed E-state index contributed by atoms with van der Waals surface area (Å²) in [6.07, 6.45) is 5.07. The topological polar surface area (TPSA) is 139 Å². The van der Waals surface area contributed by atoms with Crippen molar-refractivity contribution in [1.82, 2.24) is 9.62 Å². The Bertz CT molecular complexity index is 1790. The number of carbonyl (C=O) groups is 1. The van der Waals surface area contributed by atoms with Gasteiger partial charge in [-0.2, -0.15) is 0 Å². The second kappa shape index (κ2) is 12.1. The number of fused-ring (bicyclic) bond motifs is 4. The molecule has 1 saturated heterocycles. The lowest BCUT2D eigenvalue weighted by Gasteiger charge is -2.50. The summed E-state index contributed by atoms with van der Waals surface area (Å²) in [6.45, 7) is 0.891. The molecule has 0 unspecified atom stereocenters. The maximum Gasteiger partial charge on any atom is 0.335 e. The van der Waals surface area contributed by atoms with Crippen LogP contribution in [0.3, 0.4) is 0 Å². The zero-order valence-electron chi connectivity index (χ0n) is 24.1. The van der Waals surface area contributed by atoms with Gasteiger partial charge in [-0.15, -0.1) is 10.6 Å². The standard InChI is InChI=1S/C31H33ClFN3O6S3/c32-25-17-24-27(44(39,40)26-16-20(33)7-8-23(26)31(24)11-2-1-3-12-31)18-28(25)45(41,42)35-21-9-13-36(14-10-21)30(43)34-22-6-4-5-19(15-22)29(37)38/h4-8,15-18,21,35,39-40H,1-3,9-14H2,(H,34,43)(H,37,38). The van der Waals surface area contributed by atoms with E-state index in [1.807, 2.05) is 4.90 Å². The highest BCUT2D eigenvalue weighted by molar-refractivity contribution is 8.24. The smallest absolute Gasteiger partial charge is 0.335 e. The molecule has 2 heterocycles. The number of aromatic carboxylic acids is 1. The first-order valence-corrected chi connectivity index (χ1v) is 18.5. The van der Waals surface area contributed by atoms with E-state index in [-0.39, 0.29) is 25.3 Å². The van der Waals surface area contributed by atoms with Gasteiger partial charge < -0.3 is 15.3 Å². The van der Waals surface area contributed by atoms with Gasteiger partial charge in [-0.25, -0.2) is 22.3 Å². The summed E-state index contributed by atoms with van der Waals surface area (Å²) >= 11 is 12.2. The van der Waals surface area contributed by atoms with Crippen LogP contribution in [0.1, 0.15) is 66.4 Å². The number of nitrogens with one attached hydrogen (secondary N) is 2. The van der Waals surface area contributed by atoms with Crippen LogP contribution >= 0.6 is 34.4 Å². The number of likely N-dealkylation sites (tertiary alicyclic amines) is 1. The Balaban J connectivity index is 1.22. The molecule has 3 aromatic rings. The Morgan fingerprint density at radius 2 is 1.69 bits per heavy atom.